The van der Waals surface area contributed by atoms with Crippen LogP contribution < -0.4 is 10.5 Å². The zero-order valence-corrected chi connectivity index (χ0v) is 10.1. The summed E-state index contributed by atoms with van der Waals surface area (Å²) in [6.07, 6.45) is 3.80. The van der Waals surface area contributed by atoms with E-state index in [1.165, 1.54) is 18.2 Å². The van der Waals surface area contributed by atoms with Gasteiger partial charge >= 0.3 is 0 Å². The fourth-order valence-corrected chi connectivity index (χ4v) is 1.86. The van der Waals surface area contributed by atoms with Crippen molar-refractivity contribution < 1.29 is 9.13 Å². The van der Waals surface area contributed by atoms with E-state index in [0.29, 0.717) is 5.75 Å². The van der Waals surface area contributed by atoms with Crippen molar-refractivity contribution in [3.8, 4) is 5.75 Å². The minimum Gasteiger partial charge on any atom is -0.485 e. The first-order valence-electron chi connectivity index (χ1n) is 5.83. The average Bonchev–Trinajstić information content (AvgIpc) is 2.80. The van der Waals surface area contributed by atoms with Crippen LogP contribution in [0.5, 0.6) is 5.75 Å². The number of aromatic nitrogens is 2. The normalized spacial score (nSPS) is 10.8. The number of benzene rings is 1. The Morgan fingerprint density at radius 3 is 2.95 bits per heavy atom. The summed E-state index contributed by atoms with van der Waals surface area (Å²) in [7, 11) is 0. The highest BCUT2D eigenvalue weighted by molar-refractivity contribution is 5.52. The second-order valence-corrected chi connectivity index (χ2v) is 4.17. The number of nitrogens with zero attached hydrogens (tertiary/aromatic N) is 2. The Morgan fingerprint density at radius 2 is 2.16 bits per heavy atom. The lowest BCUT2D eigenvalue weighted by Crippen LogP contribution is -1.99. The summed E-state index contributed by atoms with van der Waals surface area (Å²) in [5, 5.41) is 0. The smallest absolute Gasteiger partial charge is 0.142 e. The molecule has 0 aliphatic heterocycles. The topological polar surface area (TPSA) is 52.5 Å². The van der Waals surface area contributed by atoms with Crippen molar-refractivity contribution in [3.63, 3.8) is 0 Å². The van der Waals surface area contributed by atoms with E-state index in [1.807, 2.05) is 35.0 Å². The molecular formula is C14H12FN3O. The Hall–Kier alpha value is -2.56. The van der Waals surface area contributed by atoms with Gasteiger partial charge in [-0.1, -0.05) is 6.07 Å². The molecule has 2 N–H and O–H groups in total. The maximum Gasteiger partial charge on any atom is 0.142 e. The number of hydrogen-bond donors (Lipinski definition) is 1. The van der Waals surface area contributed by atoms with Crippen LogP contribution in [-0.2, 0) is 6.61 Å². The number of pyridine rings is 1. The molecule has 5 heteroatoms. The molecule has 0 atom stereocenters. The second kappa shape index (κ2) is 4.61. The first-order valence-corrected chi connectivity index (χ1v) is 5.83. The molecule has 0 amide bonds. The number of hydrogen-bond acceptors (Lipinski definition) is 3. The van der Waals surface area contributed by atoms with Crippen molar-refractivity contribution >= 4 is 11.3 Å². The lowest BCUT2D eigenvalue weighted by molar-refractivity contribution is 0.303. The van der Waals surface area contributed by atoms with Crippen molar-refractivity contribution in [3.05, 3.63) is 60.3 Å². The number of imidazole rings is 1. The molecular weight excluding hydrogens is 245 g/mol. The van der Waals surface area contributed by atoms with Crippen LogP contribution in [0.3, 0.4) is 0 Å². The van der Waals surface area contributed by atoms with Crippen LogP contribution in [-0.4, -0.2) is 9.38 Å². The Labute approximate surface area is 109 Å². The van der Waals surface area contributed by atoms with Gasteiger partial charge in [0, 0.05) is 18.5 Å². The van der Waals surface area contributed by atoms with E-state index in [-0.39, 0.29) is 18.1 Å². The zero-order chi connectivity index (χ0) is 13.2. The zero-order valence-electron chi connectivity index (χ0n) is 10.1. The predicted octanol–water partition coefficient (Wildman–Crippen LogP) is 2.63. The highest BCUT2D eigenvalue weighted by Crippen LogP contribution is 2.22. The SMILES string of the molecule is Nc1cc(F)ccc1OCc1cn2ccccc2n1. The van der Waals surface area contributed by atoms with Gasteiger partial charge in [-0.2, -0.15) is 0 Å². The highest BCUT2D eigenvalue weighted by Gasteiger charge is 2.05. The first-order chi connectivity index (χ1) is 9.22. The molecule has 0 unspecified atom stereocenters. The van der Waals surface area contributed by atoms with E-state index in [0.717, 1.165) is 11.3 Å². The molecule has 19 heavy (non-hydrogen) atoms. The Balaban J connectivity index is 1.78. The summed E-state index contributed by atoms with van der Waals surface area (Å²) in [5.74, 6) is 0.0797. The Morgan fingerprint density at radius 1 is 1.26 bits per heavy atom. The van der Waals surface area contributed by atoms with Crippen molar-refractivity contribution in [1.29, 1.82) is 0 Å². The van der Waals surface area contributed by atoms with E-state index < -0.39 is 0 Å². The van der Waals surface area contributed by atoms with Crippen LogP contribution in [0.4, 0.5) is 10.1 Å². The molecule has 0 saturated carbocycles. The molecule has 0 saturated heterocycles. The van der Waals surface area contributed by atoms with E-state index in [2.05, 4.69) is 4.98 Å². The first kappa shape index (κ1) is 11.5. The molecule has 0 spiro atoms. The van der Waals surface area contributed by atoms with Crippen molar-refractivity contribution in [2.75, 3.05) is 5.73 Å². The Bertz CT molecular complexity index is 691. The monoisotopic (exact) mass is 257 g/mol. The second-order valence-electron chi connectivity index (χ2n) is 4.17. The number of fused-ring (bicyclic) bond motifs is 1. The van der Waals surface area contributed by atoms with Crippen molar-refractivity contribution in [2.24, 2.45) is 0 Å². The standard InChI is InChI=1S/C14H12FN3O/c15-10-4-5-13(12(16)7-10)19-9-11-8-18-6-2-1-3-14(18)17-11/h1-8H,9,16H2. The number of rotatable bonds is 3. The molecule has 3 rings (SSSR count). The van der Waals surface area contributed by atoms with E-state index in [9.17, 15) is 4.39 Å². The molecule has 1 aromatic carbocycles. The summed E-state index contributed by atoms with van der Waals surface area (Å²) < 4.78 is 20.3. The predicted molar refractivity (Wildman–Crippen MR) is 70.3 cm³/mol. The van der Waals surface area contributed by atoms with E-state index in [4.69, 9.17) is 10.5 Å². The molecule has 2 aromatic heterocycles. The quantitative estimate of drug-likeness (QED) is 0.734. The van der Waals surface area contributed by atoms with Crippen LogP contribution >= 0.6 is 0 Å². The lowest BCUT2D eigenvalue weighted by atomic mass is 10.3. The molecule has 0 aliphatic rings. The summed E-state index contributed by atoms with van der Waals surface area (Å²) in [5.41, 5.74) is 7.59. The summed E-state index contributed by atoms with van der Waals surface area (Å²) in [6.45, 7) is 0.289. The fraction of sp³-hybridized carbons (Fsp3) is 0.0714. The minimum absolute atomic E-state index is 0.281. The highest BCUT2D eigenvalue weighted by atomic mass is 19.1. The van der Waals surface area contributed by atoms with Crippen LogP contribution in [0.2, 0.25) is 0 Å². The third-order valence-corrected chi connectivity index (χ3v) is 2.76. The van der Waals surface area contributed by atoms with Gasteiger partial charge in [0.25, 0.3) is 0 Å². The van der Waals surface area contributed by atoms with Crippen LogP contribution in [0.25, 0.3) is 5.65 Å². The number of nitrogen functional groups attached to an aromatic ring is 1. The van der Waals surface area contributed by atoms with Gasteiger partial charge in [-0.3, -0.25) is 0 Å². The molecule has 0 bridgehead atoms. The summed E-state index contributed by atoms with van der Waals surface area (Å²) >= 11 is 0. The maximum atomic E-state index is 12.9. The largest absolute Gasteiger partial charge is 0.485 e. The number of nitrogens with two attached hydrogens (primary N) is 1. The minimum atomic E-state index is -0.377. The van der Waals surface area contributed by atoms with Crippen LogP contribution in [0.15, 0.2) is 48.8 Å². The van der Waals surface area contributed by atoms with Gasteiger partial charge in [-0.05, 0) is 24.3 Å². The van der Waals surface area contributed by atoms with Gasteiger partial charge in [0.05, 0.1) is 11.4 Å². The molecule has 0 radical (unpaired) electrons. The van der Waals surface area contributed by atoms with Crippen molar-refractivity contribution in [1.82, 2.24) is 9.38 Å². The molecule has 2 heterocycles. The van der Waals surface area contributed by atoms with Gasteiger partial charge in [0.1, 0.15) is 23.8 Å². The average molecular weight is 257 g/mol. The molecule has 96 valence electrons. The molecule has 3 aromatic rings. The number of anilines is 1. The van der Waals surface area contributed by atoms with Gasteiger partial charge in [-0.15, -0.1) is 0 Å². The third kappa shape index (κ3) is 2.35. The summed E-state index contributed by atoms with van der Waals surface area (Å²) in [4.78, 5) is 4.40. The van der Waals surface area contributed by atoms with Gasteiger partial charge < -0.3 is 14.9 Å². The van der Waals surface area contributed by atoms with E-state index in [1.54, 1.807) is 0 Å². The maximum absolute atomic E-state index is 12.9. The Kier molecular flexibility index (Phi) is 2.79. The van der Waals surface area contributed by atoms with Crippen LogP contribution in [0, 0.1) is 5.82 Å². The van der Waals surface area contributed by atoms with Crippen molar-refractivity contribution in [2.45, 2.75) is 6.61 Å². The van der Waals surface area contributed by atoms with Crippen LogP contribution in [0.1, 0.15) is 5.69 Å². The van der Waals surface area contributed by atoms with Gasteiger partial charge in [0.15, 0.2) is 0 Å². The van der Waals surface area contributed by atoms with E-state index >= 15 is 0 Å². The van der Waals surface area contributed by atoms with Gasteiger partial charge in [-0.25, -0.2) is 9.37 Å². The molecule has 0 aliphatic carbocycles. The number of halogens is 1. The summed E-state index contributed by atoms with van der Waals surface area (Å²) in [6, 6.07) is 9.83. The molecule has 0 fully saturated rings. The lowest BCUT2D eigenvalue weighted by Gasteiger charge is -2.06. The fourth-order valence-electron chi connectivity index (χ4n) is 1.86. The number of ether oxygens (including phenoxy) is 1. The third-order valence-electron chi connectivity index (χ3n) is 2.76. The van der Waals surface area contributed by atoms with Gasteiger partial charge in [0.2, 0.25) is 0 Å². The molecule has 4 nitrogen and oxygen atoms in total.